The first kappa shape index (κ1) is 25.1. The molecule has 0 saturated carbocycles. The van der Waals surface area contributed by atoms with Crippen molar-refractivity contribution < 1.29 is 4.79 Å². The van der Waals surface area contributed by atoms with Gasteiger partial charge in [0.2, 0.25) is 0 Å². The number of likely N-dealkylation sites (tertiary alicyclic amines) is 1. The molecule has 38 heavy (non-hydrogen) atoms. The van der Waals surface area contributed by atoms with Gasteiger partial charge in [-0.2, -0.15) is 0 Å². The van der Waals surface area contributed by atoms with E-state index >= 15 is 0 Å². The maximum absolute atomic E-state index is 13.2. The predicted octanol–water partition coefficient (Wildman–Crippen LogP) is 4.91. The number of amides is 1. The number of carbonyl (C=O) groups is 1. The van der Waals surface area contributed by atoms with Crippen LogP contribution >= 0.6 is 11.3 Å². The first-order valence-corrected chi connectivity index (χ1v) is 14.5. The number of benzene rings is 1. The fourth-order valence-electron chi connectivity index (χ4n) is 5.98. The van der Waals surface area contributed by atoms with E-state index in [1.807, 2.05) is 17.0 Å². The van der Waals surface area contributed by atoms with Crippen molar-refractivity contribution in [2.45, 2.75) is 58.5 Å². The Kier molecular flexibility index (Phi) is 6.93. The number of pyridine rings is 1. The lowest BCUT2D eigenvalue weighted by atomic mass is 10.00. The monoisotopic (exact) mass is 529 g/mol. The number of hydrogen-bond donors (Lipinski definition) is 2. The average molecular weight is 530 g/mol. The van der Waals surface area contributed by atoms with Gasteiger partial charge < -0.3 is 20.1 Å². The molecule has 7 nitrogen and oxygen atoms in total. The largest absolute Gasteiger partial charge is 0.381 e. The van der Waals surface area contributed by atoms with E-state index in [2.05, 4.69) is 47.2 Å². The second kappa shape index (κ2) is 10.5. The lowest BCUT2D eigenvalue weighted by molar-refractivity contribution is 0.0772. The zero-order valence-corrected chi connectivity index (χ0v) is 23.0. The van der Waals surface area contributed by atoms with Crippen LogP contribution in [0.15, 0.2) is 46.3 Å². The van der Waals surface area contributed by atoms with Gasteiger partial charge in [0.25, 0.3) is 11.5 Å². The molecule has 1 unspecified atom stereocenters. The summed E-state index contributed by atoms with van der Waals surface area (Å²) in [4.78, 5) is 41.0. The molecule has 0 radical (unpaired) electrons. The second-order valence-electron chi connectivity index (χ2n) is 10.9. The normalized spacial score (nSPS) is 17.6. The van der Waals surface area contributed by atoms with Crippen molar-refractivity contribution in [2.75, 3.05) is 31.5 Å². The molecular weight excluding hydrogens is 494 g/mol. The summed E-state index contributed by atoms with van der Waals surface area (Å²) in [5, 5.41) is 3.55. The van der Waals surface area contributed by atoms with Crippen molar-refractivity contribution in [1.82, 2.24) is 14.8 Å². The van der Waals surface area contributed by atoms with E-state index in [-0.39, 0.29) is 17.5 Å². The van der Waals surface area contributed by atoms with Crippen molar-refractivity contribution in [1.29, 1.82) is 0 Å². The van der Waals surface area contributed by atoms with E-state index < -0.39 is 0 Å². The third-order valence-corrected chi connectivity index (χ3v) is 8.88. The average Bonchev–Trinajstić information content (AvgIpc) is 3.67. The Morgan fingerprint density at radius 1 is 1.11 bits per heavy atom. The van der Waals surface area contributed by atoms with Crippen molar-refractivity contribution in [2.24, 2.45) is 4.99 Å². The number of fused-ring (bicyclic) bond motifs is 2. The molecule has 0 bridgehead atoms. The molecule has 1 saturated heterocycles. The van der Waals surface area contributed by atoms with Crippen LogP contribution in [0.2, 0.25) is 0 Å². The Hall–Kier alpha value is -3.23. The van der Waals surface area contributed by atoms with Crippen LogP contribution in [-0.4, -0.2) is 58.6 Å². The number of carbonyl (C=O) groups excluding carboxylic acids is 1. The minimum Gasteiger partial charge on any atom is -0.381 e. The van der Waals surface area contributed by atoms with Gasteiger partial charge >= 0.3 is 0 Å². The van der Waals surface area contributed by atoms with Crippen LogP contribution in [0, 0.1) is 6.92 Å². The minimum atomic E-state index is -0.145. The standard InChI is InChI=1S/C30H35N5O2S/c1-19(14-23-7-6-20(2)38-23)32-25-8-9-31-29(36)28(25)27-16-21-15-24-22(17-26(21)33-27)18-35(30(24)37)13-5-12-34-10-3-4-11-34/h6-9,15,17,19H,3-5,10-14,16,18H2,1-2H3,(H2,31,32,36). The molecule has 2 aromatic heterocycles. The van der Waals surface area contributed by atoms with Gasteiger partial charge in [-0.1, -0.05) is 0 Å². The Balaban J connectivity index is 1.17. The summed E-state index contributed by atoms with van der Waals surface area (Å²) in [6.45, 7) is 9.14. The number of aliphatic imine (C=N–C) groups is 1. The molecule has 0 spiro atoms. The molecule has 1 amide bonds. The quantitative estimate of drug-likeness (QED) is 0.413. The van der Waals surface area contributed by atoms with Crippen LogP contribution in [0.1, 0.15) is 63.0 Å². The molecule has 1 atom stereocenters. The summed E-state index contributed by atoms with van der Waals surface area (Å²) in [7, 11) is 0. The van der Waals surface area contributed by atoms with Crippen molar-refractivity contribution in [3.05, 3.63) is 78.9 Å². The number of aromatic nitrogens is 1. The first-order chi connectivity index (χ1) is 18.4. The number of aryl methyl sites for hydroxylation is 1. The molecule has 6 rings (SSSR count). The van der Waals surface area contributed by atoms with Gasteiger partial charge in [-0.05, 0) is 94.2 Å². The highest BCUT2D eigenvalue weighted by Crippen LogP contribution is 2.36. The van der Waals surface area contributed by atoms with Crippen LogP contribution in [0.4, 0.5) is 11.4 Å². The summed E-state index contributed by atoms with van der Waals surface area (Å²) in [5.74, 6) is 0.121. The van der Waals surface area contributed by atoms with Crippen LogP contribution in [-0.2, 0) is 19.4 Å². The van der Waals surface area contributed by atoms with E-state index in [1.165, 1.54) is 35.7 Å². The van der Waals surface area contributed by atoms with Crippen molar-refractivity contribution >= 4 is 34.3 Å². The highest BCUT2D eigenvalue weighted by molar-refractivity contribution is 7.11. The van der Waals surface area contributed by atoms with Gasteiger partial charge in [0.15, 0.2) is 0 Å². The summed E-state index contributed by atoms with van der Waals surface area (Å²) in [6.07, 6.45) is 6.72. The highest BCUT2D eigenvalue weighted by atomic mass is 32.1. The predicted molar refractivity (Wildman–Crippen MR) is 154 cm³/mol. The van der Waals surface area contributed by atoms with E-state index in [9.17, 15) is 9.59 Å². The van der Waals surface area contributed by atoms with E-state index in [1.54, 1.807) is 17.5 Å². The molecular formula is C30H35N5O2S. The molecule has 1 fully saturated rings. The number of H-pyrrole nitrogens is 1. The van der Waals surface area contributed by atoms with Gasteiger partial charge in [-0.15, -0.1) is 11.3 Å². The second-order valence-corrected chi connectivity index (χ2v) is 12.2. The SMILES string of the molecule is Cc1ccc(CC(C)Nc2cc[nH]c(=O)c2C2=Nc3cc4c(cc3C2)C(=O)N(CCCN2CCCC2)C4)s1. The summed E-state index contributed by atoms with van der Waals surface area (Å²) >= 11 is 1.81. The topological polar surface area (TPSA) is 80.8 Å². The summed E-state index contributed by atoms with van der Waals surface area (Å²) < 4.78 is 0. The number of nitrogens with one attached hydrogen (secondary N) is 2. The van der Waals surface area contributed by atoms with Gasteiger partial charge in [0, 0.05) is 53.5 Å². The van der Waals surface area contributed by atoms with Gasteiger partial charge in [0.05, 0.1) is 22.6 Å². The smallest absolute Gasteiger partial charge is 0.259 e. The molecule has 3 aromatic rings. The van der Waals surface area contributed by atoms with E-state index in [0.717, 1.165) is 59.7 Å². The first-order valence-electron chi connectivity index (χ1n) is 13.7. The van der Waals surface area contributed by atoms with Crippen molar-refractivity contribution in [3.8, 4) is 0 Å². The molecule has 3 aliphatic heterocycles. The molecule has 2 N–H and O–H groups in total. The van der Waals surface area contributed by atoms with Gasteiger partial charge in [-0.25, -0.2) is 0 Å². The zero-order valence-electron chi connectivity index (χ0n) is 22.2. The lowest BCUT2D eigenvalue weighted by Crippen LogP contribution is -2.29. The van der Waals surface area contributed by atoms with E-state index in [4.69, 9.17) is 4.99 Å². The highest BCUT2D eigenvalue weighted by Gasteiger charge is 2.31. The van der Waals surface area contributed by atoms with Crippen LogP contribution in [0.25, 0.3) is 0 Å². The van der Waals surface area contributed by atoms with Crippen LogP contribution in [0.3, 0.4) is 0 Å². The van der Waals surface area contributed by atoms with Gasteiger partial charge in [0.1, 0.15) is 0 Å². The molecule has 8 heteroatoms. The van der Waals surface area contributed by atoms with Crippen LogP contribution < -0.4 is 10.9 Å². The number of aromatic amines is 1. The third kappa shape index (κ3) is 5.07. The molecule has 198 valence electrons. The zero-order chi connectivity index (χ0) is 26.2. The number of rotatable bonds is 9. The minimum absolute atomic E-state index is 0.121. The number of nitrogens with zero attached hydrogens (tertiary/aromatic N) is 3. The maximum atomic E-state index is 13.2. The third-order valence-electron chi connectivity index (χ3n) is 7.85. The molecule has 1 aromatic carbocycles. The lowest BCUT2D eigenvalue weighted by Gasteiger charge is -2.19. The summed E-state index contributed by atoms with van der Waals surface area (Å²) in [5.41, 5.74) is 5.73. The summed E-state index contributed by atoms with van der Waals surface area (Å²) in [6, 6.07) is 10.5. The number of anilines is 1. The Labute approximate surface area is 227 Å². The van der Waals surface area contributed by atoms with Gasteiger partial charge in [-0.3, -0.25) is 14.6 Å². The molecule has 0 aliphatic carbocycles. The Bertz CT molecular complexity index is 1450. The fourth-order valence-corrected chi connectivity index (χ4v) is 7.00. The fraction of sp³-hybridized carbons (Fsp3) is 0.433. The Morgan fingerprint density at radius 3 is 2.74 bits per heavy atom. The van der Waals surface area contributed by atoms with Crippen molar-refractivity contribution in [3.63, 3.8) is 0 Å². The van der Waals surface area contributed by atoms with Crippen LogP contribution in [0.5, 0.6) is 0 Å². The number of hydrogen-bond acceptors (Lipinski definition) is 6. The maximum Gasteiger partial charge on any atom is 0.259 e. The Morgan fingerprint density at radius 2 is 1.95 bits per heavy atom. The molecule has 5 heterocycles. The number of thiophene rings is 1. The van der Waals surface area contributed by atoms with E-state index in [0.29, 0.717) is 18.5 Å². The molecule has 3 aliphatic rings.